The minimum atomic E-state index is -0.783. The molecule has 0 unspecified atom stereocenters. The van der Waals surface area contributed by atoms with Crippen LogP contribution >= 0.6 is 11.6 Å². The molecule has 0 fully saturated rings. The lowest BCUT2D eigenvalue weighted by Crippen LogP contribution is -2.37. The average molecular weight is 230 g/mol. The Kier molecular flexibility index (Phi) is 4.39. The molecule has 0 radical (unpaired) electrons. The summed E-state index contributed by atoms with van der Waals surface area (Å²) in [6, 6.07) is 6.08. The van der Waals surface area contributed by atoms with E-state index < -0.39 is 12.0 Å². The topological polar surface area (TPSA) is 61.5 Å². The molecule has 0 saturated carbocycles. The van der Waals surface area contributed by atoms with Crippen LogP contribution in [0.4, 0.5) is 0 Å². The molecule has 1 aromatic carbocycles. The van der Waals surface area contributed by atoms with E-state index in [0.29, 0.717) is 10.8 Å². The summed E-state index contributed by atoms with van der Waals surface area (Å²) in [4.78, 5) is 10.9. The van der Waals surface area contributed by atoms with Gasteiger partial charge in [-0.2, -0.15) is 0 Å². The van der Waals surface area contributed by atoms with E-state index in [-0.39, 0.29) is 6.61 Å². The number of halogens is 1. The molecule has 1 atom stereocenters. The molecule has 0 aromatic heterocycles. The number of esters is 1. The molecule has 1 aromatic rings. The molecule has 0 aliphatic rings. The van der Waals surface area contributed by atoms with Crippen LogP contribution in [-0.4, -0.2) is 25.7 Å². The molecule has 0 spiro atoms. The van der Waals surface area contributed by atoms with Crippen molar-refractivity contribution in [2.45, 2.75) is 6.04 Å². The molecule has 0 heterocycles. The van der Waals surface area contributed by atoms with E-state index in [9.17, 15) is 4.79 Å². The Morgan fingerprint density at radius 1 is 1.60 bits per heavy atom. The van der Waals surface area contributed by atoms with E-state index in [1.807, 2.05) is 0 Å². The lowest BCUT2D eigenvalue weighted by molar-refractivity contribution is -0.142. The number of rotatable bonds is 4. The predicted molar refractivity (Wildman–Crippen MR) is 56.9 cm³/mol. The normalized spacial score (nSPS) is 11.9. The standard InChI is InChI=1S/C10H12ClNO3/c1-14-10(13)9(12)6-15-8-4-2-3-7(11)5-8/h2-5,9H,6,12H2,1H3/t9-/m1/s1. The molecule has 2 N–H and O–H groups in total. The Balaban J connectivity index is 2.47. The summed E-state index contributed by atoms with van der Waals surface area (Å²) in [6.07, 6.45) is 0. The van der Waals surface area contributed by atoms with Gasteiger partial charge < -0.3 is 15.2 Å². The zero-order chi connectivity index (χ0) is 11.3. The van der Waals surface area contributed by atoms with Gasteiger partial charge in [0, 0.05) is 5.02 Å². The molecule has 0 saturated heterocycles. The van der Waals surface area contributed by atoms with Gasteiger partial charge in [0.15, 0.2) is 0 Å². The summed E-state index contributed by atoms with van der Waals surface area (Å²) in [5, 5.41) is 0.569. The van der Waals surface area contributed by atoms with Crippen molar-refractivity contribution in [3.8, 4) is 5.75 Å². The number of methoxy groups -OCH3 is 1. The van der Waals surface area contributed by atoms with Crippen molar-refractivity contribution < 1.29 is 14.3 Å². The van der Waals surface area contributed by atoms with Crippen molar-refractivity contribution in [2.75, 3.05) is 13.7 Å². The van der Waals surface area contributed by atoms with Gasteiger partial charge in [-0.1, -0.05) is 17.7 Å². The number of hydrogen-bond donors (Lipinski definition) is 1. The molecule has 82 valence electrons. The third-order valence-electron chi connectivity index (χ3n) is 1.73. The zero-order valence-corrected chi connectivity index (χ0v) is 9.03. The summed E-state index contributed by atoms with van der Waals surface area (Å²) in [7, 11) is 1.28. The van der Waals surface area contributed by atoms with E-state index in [0.717, 1.165) is 0 Å². The van der Waals surface area contributed by atoms with Crippen LogP contribution in [-0.2, 0) is 9.53 Å². The summed E-state index contributed by atoms with van der Waals surface area (Å²) >= 11 is 5.75. The van der Waals surface area contributed by atoms with Crippen molar-refractivity contribution in [1.29, 1.82) is 0 Å². The predicted octanol–water partition coefficient (Wildman–Crippen LogP) is 1.22. The SMILES string of the molecule is COC(=O)[C@H](N)COc1cccc(Cl)c1. The summed E-state index contributed by atoms with van der Waals surface area (Å²) in [5.41, 5.74) is 5.48. The number of carbonyl (C=O) groups is 1. The second-order valence-electron chi connectivity index (χ2n) is 2.90. The van der Waals surface area contributed by atoms with E-state index >= 15 is 0 Å². The monoisotopic (exact) mass is 229 g/mol. The molecule has 4 nitrogen and oxygen atoms in total. The van der Waals surface area contributed by atoms with Gasteiger partial charge in [0.2, 0.25) is 0 Å². The van der Waals surface area contributed by atoms with Crippen LogP contribution in [0.15, 0.2) is 24.3 Å². The summed E-state index contributed by atoms with van der Waals surface area (Å²) in [6.45, 7) is 0.0625. The molecule has 0 amide bonds. The molecular formula is C10H12ClNO3. The van der Waals surface area contributed by atoms with E-state index in [4.69, 9.17) is 22.1 Å². The highest BCUT2D eigenvalue weighted by atomic mass is 35.5. The molecule has 0 aliphatic carbocycles. The molecule has 0 aliphatic heterocycles. The van der Waals surface area contributed by atoms with Crippen molar-refractivity contribution >= 4 is 17.6 Å². The van der Waals surface area contributed by atoms with Crippen LogP contribution in [0.1, 0.15) is 0 Å². The Morgan fingerprint density at radius 2 is 2.33 bits per heavy atom. The van der Waals surface area contributed by atoms with E-state index in [1.165, 1.54) is 7.11 Å². The summed E-state index contributed by atoms with van der Waals surface area (Å²) < 4.78 is 9.72. The van der Waals surface area contributed by atoms with Crippen molar-refractivity contribution in [2.24, 2.45) is 5.73 Å². The van der Waals surface area contributed by atoms with Crippen molar-refractivity contribution in [3.63, 3.8) is 0 Å². The lowest BCUT2D eigenvalue weighted by Gasteiger charge is -2.11. The fourth-order valence-electron chi connectivity index (χ4n) is 0.962. The second kappa shape index (κ2) is 5.58. The second-order valence-corrected chi connectivity index (χ2v) is 3.33. The van der Waals surface area contributed by atoms with Crippen LogP contribution in [0.3, 0.4) is 0 Å². The molecule has 1 rings (SSSR count). The Hall–Kier alpha value is -1.26. The fourth-order valence-corrected chi connectivity index (χ4v) is 1.14. The highest BCUT2D eigenvalue weighted by molar-refractivity contribution is 6.30. The van der Waals surface area contributed by atoms with E-state index in [1.54, 1.807) is 24.3 Å². The van der Waals surface area contributed by atoms with Gasteiger partial charge >= 0.3 is 5.97 Å². The van der Waals surface area contributed by atoms with Gasteiger partial charge in [-0.3, -0.25) is 4.79 Å². The van der Waals surface area contributed by atoms with Crippen molar-refractivity contribution in [3.05, 3.63) is 29.3 Å². The van der Waals surface area contributed by atoms with Gasteiger partial charge in [-0.05, 0) is 18.2 Å². The first-order valence-corrected chi connectivity index (χ1v) is 4.73. The van der Waals surface area contributed by atoms with Gasteiger partial charge in [0.25, 0.3) is 0 Å². The number of benzene rings is 1. The molecular weight excluding hydrogens is 218 g/mol. The third kappa shape index (κ3) is 3.77. The molecule has 15 heavy (non-hydrogen) atoms. The Bertz CT molecular complexity index is 343. The van der Waals surface area contributed by atoms with E-state index in [2.05, 4.69) is 4.74 Å². The highest BCUT2D eigenvalue weighted by Gasteiger charge is 2.14. The number of ether oxygens (including phenoxy) is 2. The largest absolute Gasteiger partial charge is 0.491 e. The average Bonchev–Trinajstić information content (AvgIpc) is 2.25. The Labute approximate surface area is 92.9 Å². The fraction of sp³-hybridized carbons (Fsp3) is 0.300. The minimum Gasteiger partial charge on any atom is -0.491 e. The van der Waals surface area contributed by atoms with Crippen molar-refractivity contribution in [1.82, 2.24) is 0 Å². The first kappa shape index (κ1) is 11.8. The van der Waals surface area contributed by atoms with Crippen LogP contribution in [0.25, 0.3) is 0 Å². The van der Waals surface area contributed by atoms with Crippen LogP contribution in [0, 0.1) is 0 Å². The maximum absolute atomic E-state index is 10.9. The number of hydrogen-bond acceptors (Lipinski definition) is 4. The third-order valence-corrected chi connectivity index (χ3v) is 1.96. The Morgan fingerprint density at radius 3 is 2.93 bits per heavy atom. The highest BCUT2D eigenvalue weighted by Crippen LogP contribution is 2.16. The zero-order valence-electron chi connectivity index (χ0n) is 8.27. The first-order chi connectivity index (χ1) is 7.13. The number of nitrogens with two attached hydrogens (primary N) is 1. The molecule has 5 heteroatoms. The van der Waals surface area contributed by atoms with Gasteiger partial charge in [-0.15, -0.1) is 0 Å². The van der Waals surface area contributed by atoms with Crippen LogP contribution in [0.2, 0.25) is 5.02 Å². The lowest BCUT2D eigenvalue weighted by atomic mass is 10.3. The molecule has 0 bridgehead atoms. The maximum atomic E-state index is 10.9. The number of carbonyl (C=O) groups excluding carboxylic acids is 1. The summed E-state index contributed by atoms with van der Waals surface area (Å²) in [5.74, 6) is 0.0684. The van der Waals surface area contributed by atoms with Crippen LogP contribution in [0.5, 0.6) is 5.75 Å². The quantitative estimate of drug-likeness (QED) is 0.789. The maximum Gasteiger partial charge on any atom is 0.326 e. The van der Waals surface area contributed by atoms with Gasteiger partial charge in [0.05, 0.1) is 7.11 Å². The smallest absolute Gasteiger partial charge is 0.326 e. The first-order valence-electron chi connectivity index (χ1n) is 4.35. The minimum absolute atomic E-state index is 0.0625. The van der Waals surface area contributed by atoms with Crippen LogP contribution < -0.4 is 10.5 Å². The van der Waals surface area contributed by atoms with Gasteiger partial charge in [0.1, 0.15) is 18.4 Å². The van der Waals surface area contributed by atoms with Gasteiger partial charge in [-0.25, -0.2) is 0 Å².